The predicted molar refractivity (Wildman–Crippen MR) is 70.1 cm³/mol. The lowest BCUT2D eigenvalue weighted by Crippen LogP contribution is -2.16. The van der Waals surface area contributed by atoms with Gasteiger partial charge in [-0.05, 0) is 37.3 Å². The maximum atomic E-state index is 5.31. The van der Waals surface area contributed by atoms with Crippen molar-refractivity contribution in [3.8, 4) is 0 Å². The minimum absolute atomic E-state index is 0.108. The standard InChI is InChI=1S/C14H24O5/c1-3-8-13(4-2)15-11-12-16-18-19-17-14-9-6-5-7-10-14/h4,11-12,14H,3,5-10H2,1-2H3. The molecule has 1 rings (SSSR count). The summed E-state index contributed by atoms with van der Waals surface area (Å²) in [5.41, 5.74) is 0. The van der Waals surface area contributed by atoms with Crippen LogP contribution in [0.4, 0.5) is 0 Å². The van der Waals surface area contributed by atoms with E-state index in [1.54, 1.807) is 0 Å². The Labute approximate surface area is 114 Å². The molecule has 5 nitrogen and oxygen atoms in total. The molecule has 1 fully saturated rings. The number of hydrogen-bond donors (Lipinski definition) is 0. The molecule has 0 aromatic carbocycles. The molecule has 0 aliphatic heterocycles. The molecular formula is C14H24O5. The van der Waals surface area contributed by atoms with Gasteiger partial charge in [0.2, 0.25) is 0 Å². The van der Waals surface area contributed by atoms with E-state index in [0.29, 0.717) is 0 Å². The zero-order valence-electron chi connectivity index (χ0n) is 11.8. The average molecular weight is 272 g/mol. The van der Waals surface area contributed by atoms with Crippen molar-refractivity contribution in [2.75, 3.05) is 0 Å². The molecule has 0 N–H and O–H groups in total. The van der Waals surface area contributed by atoms with Crippen LogP contribution in [0, 0.1) is 0 Å². The number of hydrogen-bond acceptors (Lipinski definition) is 5. The molecular weight excluding hydrogens is 248 g/mol. The van der Waals surface area contributed by atoms with Crippen LogP contribution in [0.2, 0.25) is 0 Å². The van der Waals surface area contributed by atoms with Gasteiger partial charge in [0.05, 0.1) is 11.9 Å². The minimum Gasteiger partial charge on any atom is -0.466 e. The highest BCUT2D eigenvalue weighted by Crippen LogP contribution is 2.20. The summed E-state index contributed by atoms with van der Waals surface area (Å²) in [5.74, 6) is 0.890. The van der Waals surface area contributed by atoms with Crippen molar-refractivity contribution in [1.82, 2.24) is 0 Å². The summed E-state index contributed by atoms with van der Waals surface area (Å²) in [6.07, 6.45) is 12.2. The van der Waals surface area contributed by atoms with Gasteiger partial charge in [-0.25, -0.2) is 0 Å². The SMILES string of the molecule is CC=C(CCC)OC=COOOOC1CCCCC1. The van der Waals surface area contributed by atoms with E-state index >= 15 is 0 Å². The van der Waals surface area contributed by atoms with Crippen LogP contribution in [0.3, 0.4) is 0 Å². The monoisotopic (exact) mass is 272 g/mol. The van der Waals surface area contributed by atoms with Gasteiger partial charge < -0.3 is 9.62 Å². The molecule has 0 atom stereocenters. The number of ether oxygens (including phenoxy) is 1. The maximum absolute atomic E-state index is 5.31. The number of allylic oxidation sites excluding steroid dienone is 2. The fraction of sp³-hybridized carbons (Fsp3) is 0.714. The van der Waals surface area contributed by atoms with Crippen LogP contribution in [0.5, 0.6) is 0 Å². The summed E-state index contributed by atoms with van der Waals surface area (Å²) >= 11 is 0. The second kappa shape index (κ2) is 10.8. The third kappa shape index (κ3) is 7.87. The summed E-state index contributed by atoms with van der Waals surface area (Å²) in [6, 6.07) is 0. The minimum atomic E-state index is 0.108. The lowest BCUT2D eigenvalue weighted by Gasteiger charge is -2.18. The molecule has 0 bridgehead atoms. The van der Waals surface area contributed by atoms with Crippen molar-refractivity contribution >= 4 is 0 Å². The molecule has 1 aliphatic carbocycles. The lowest BCUT2D eigenvalue weighted by molar-refractivity contribution is -0.630. The summed E-state index contributed by atoms with van der Waals surface area (Å²) < 4.78 is 5.31. The first-order valence-electron chi connectivity index (χ1n) is 6.99. The Morgan fingerprint density at radius 3 is 2.58 bits per heavy atom. The van der Waals surface area contributed by atoms with Crippen molar-refractivity contribution in [2.45, 2.75) is 64.9 Å². The summed E-state index contributed by atoms with van der Waals surface area (Å²) in [7, 11) is 0. The molecule has 0 radical (unpaired) electrons. The van der Waals surface area contributed by atoms with Gasteiger partial charge in [0.15, 0.2) is 6.26 Å². The third-order valence-electron chi connectivity index (χ3n) is 2.94. The van der Waals surface area contributed by atoms with Crippen LogP contribution < -0.4 is 0 Å². The van der Waals surface area contributed by atoms with Crippen molar-refractivity contribution < 1.29 is 24.6 Å². The van der Waals surface area contributed by atoms with E-state index in [-0.39, 0.29) is 6.10 Å². The Hall–Kier alpha value is -1.04. The van der Waals surface area contributed by atoms with E-state index in [4.69, 9.17) is 9.62 Å². The topological polar surface area (TPSA) is 46.2 Å². The van der Waals surface area contributed by atoms with Gasteiger partial charge in [0.25, 0.3) is 0 Å². The fourth-order valence-electron chi connectivity index (χ4n) is 1.93. The molecule has 1 aliphatic rings. The highest BCUT2D eigenvalue weighted by atomic mass is 17.7. The highest BCUT2D eigenvalue weighted by molar-refractivity contribution is 4.91. The van der Waals surface area contributed by atoms with Gasteiger partial charge in [0, 0.05) is 11.5 Å². The molecule has 0 aromatic rings. The van der Waals surface area contributed by atoms with E-state index in [1.807, 2.05) is 13.0 Å². The number of rotatable bonds is 9. The van der Waals surface area contributed by atoms with E-state index < -0.39 is 0 Å². The van der Waals surface area contributed by atoms with Crippen molar-refractivity contribution in [3.05, 3.63) is 24.4 Å². The van der Waals surface area contributed by atoms with Gasteiger partial charge in [-0.3, -0.25) is 0 Å². The van der Waals surface area contributed by atoms with E-state index in [9.17, 15) is 0 Å². The summed E-state index contributed by atoms with van der Waals surface area (Å²) in [6.45, 7) is 4.02. The second-order valence-corrected chi connectivity index (χ2v) is 4.48. The van der Waals surface area contributed by atoms with E-state index in [2.05, 4.69) is 21.9 Å². The maximum Gasteiger partial charge on any atom is 0.167 e. The van der Waals surface area contributed by atoms with Gasteiger partial charge in [-0.15, -0.1) is 0 Å². The van der Waals surface area contributed by atoms with Crippen molar-refractivity contribution in [2.24, 2.45) is 0 Å². The molecule has 0 amide bonds. The second-order valence-electron chi connectivity index (χ2n) is 4.48. The van der Waals surface area contributed by atoms with Crippen LogP contribution in [-0.4, -0.2) is 6.10 Å². The van der Waals surface area contributed by atoms with Crippen LogP contribution in [0.1, 0.15) is 58.8 Å². The van der Waals surface area contributed by atoms with Gasteiger partial charge >= 0.3 is 0 Å². The quantitative estimate of drug-likeness (QED) is 0.271. The van der Waals surface area contributed by atoms with Crippen LogP contribution in [0.25, 0.3) is 0 Å². The fourth-order valence-corrected chi connectivity index (χ4v) is 1.93. The van der Waals surface area contributed by atoms with E-state index in [1.165, 1.54) is 31.8 Å². The zero-order chi connectivity index (χ0) is 13.8. The van der Waals surface area contributed by atoms with Gasteiger partial charge in [0.1, 0.15) is 6.26 Å². The lowest BCUT2D eigenvalue weighted by atomic mass is 9.98. The van der Waals surface area contributed by atoms with Crippen LogP contribution in [0.15, 0.2) is 24.4 Å². The molecule has 110 valence electrons. The molecule has 0 spiro atoms. The normalized spacial score (nSPS) is 17.9. The first-order valence-corrected chi connectivity index (χ1v) is 6.99. The van der Waals surface area contributed by atoms with E-state index in [0.717, 1.165) is 31.4 Å². The summed E-state index contributed by atoms with van der Waals surface area (Å²) in [5, 5.41) is 8.91. The molecule has 0 saturated heterocycles. The smallest absolute Gasteiger partial charge is 0.167 e. The Kier molecular flexibility index (Phi) is 9.14. The van der Waals surface area contributed by atoms with Crippen LogP contribution >= 0.6 is 0 Å². The van der Waals surface area contributed by atoms with Crippen LogP contribution in [-0.2, 0) is 24.6 Å². The Bertz CT molecular complexity index is 269. The Morgan fingerprint density at radius 2 is 1.89 bits per heavy atom. The predicted octanol–water partition coefficient (Wildman–Crippen LogP) is 4.32. The average Bonchev–Trinajstić information content (AvgIpc) is 2.46. The third-order valence-corrected chi connectivity index (χ3v) is 2.94. The zero-order valence-corrected chi connectivity index (χ0v) is 11.8. The molecule has 1 saturated carbocycles. The van der Waals surface area contributed by atoms with Gasteiger partial charge in [-0.1, -0.05) is 26.2 Å². The van der Waals surface area contributed by atoms with Crippen molar-refractivity contribution in [3.63, 3.8) is 0 Å². The largest absolute Gasteiger partial charge is 0.466 e. The van der Waals surface area contributed by atoms with Gasteiger partial charge in [-0.2, -0.15) is 4.89 Å². The Morgan fingerprint density at radius 1 is 1.11 bits per heavy atom. The molecule has 0 aromatic heterocycles. The van der Waals surface area contributed by atoms with Crippen molar-refractivity contribution in [1.29, 1.82) is 0 Å². The molecule has 0 heterocycles. The molecule has 0 unspecified atom stereocenters. The molecule has 19 heavy (non-hydrogen) atoms. The highest BCUT2D eigenvalue weighted by Gasteiger charge is 2.15. The molecule has 5 heteroatoms. The Balaban J connectivity index is 1.97. The first-order chi connectivity index (χ1) is 9.36. The summed E-state index contributed by atoms with van der Waals surface area (Å²) in [4.78, 5) is 9.65. The first kappa shape index (κ1) is 16.0.